The largest absolute Gasteiger partial charge is 0.487 e. The van der Waals surface area contributed by atoms with Gasteiger partial charge < -0.3 is 10.1 Å². The smallest absolute Gasteiger partial charge is 0.139 e. The zero-order chi connectivity index (χ0) is 13.0. The second-order valence-electron chi connectivity index (χ2n) is 4.15. The van der Waals surface area contributed by atoms with Gasteiger partial charge >= 0.3 is 0 Å². The minimum absolute atomic E-state index is 0.0368. The van der Waals surface area contributed by atoms with Crippen LogP contribution in [0.3, 0.4) is 0 Å². The normalized spacial score (nSPS) is 12.9. The van der Waals surface area contributed by atoms with Gasteiger partial charge in [-0.05, 0) is 19.0 Å². The Morgan fingerprint density at radius 3 is 2.24 bits per heavy atom. The van der Waals surface area contributed by atoms with Gasteiger partial charge in [-0.2, -0.15) is 0 Å². The van der Waals surface area contributed by atoms with E-state index in [9.17, 15) is 0 Å². The molecule has 0 aromatic heterocycles. The number of rotatable bonds is 5. The number of hydrogen-bond donors (Lipinski definition) is 1. The van der Waals surface area contributed by atoms with Crippen LogP contribution in [-0.4, -0.2) is 19.7 Å². The summed E-state index contributed by atoms with van der Waals surface area (Å²) in [7, 11) is 1.88. The van der Waals surface area contributed by atoms with Gasteiger partial charge in [0.05, 0.1) is 15.1 Å². The van der Waals surface area contributed by atoms with E-state index < -0.39 is 0 Å². The Kier molecular flexibility index (Phi) is 5.87. The van der Waals surface area contributed by atoms with Crippen molar-refractivity contribution in [3.8, 4) is 5.75 Å². The van der Waals surface area contributed by atoms with Crippen LogP contribution in [0.4, 0.5) is 0 Å². The van der Waals surface area contributed by atoms with E-state index in [1.54, 1.807) is 12.1 Å². The van der Waals surface area contributed by atoms with Gasteiger partial charge in [0.1, 0.15) is 11.9 Å². The third kappa shape index (κ3) is 4.22. The number of halogens is 3. The maximum Gasteiger partial charge on any atom is 0.139 e. The first-order chi connectivity index (χ1) is 7.95. The fraction of sp³-hybridized carbons (Fsp3) is 0.500. The third-order valence-electron chi connectivity index (χ3n) is 2.40. The van der Waals surface area contributed by atoms with E-state index in [0.717, 1.165) is 6.54 Å². The maximum atomic E-state index is 6.06. The topological polar surface area (TPSA) is 21.3 Å². The van der Waals surface area contributed by atoms with Crippen LogP contribution >= 0.6 is 34.8 Å². The Bertz CT molecular complexity index is 382. The zero-order valence-electron chi connectivity index (χ0n) is 10.1. The molecule has 1 rings (SSSR count). The van der Waals surface area contributed by atoms with E-state index in [1.807, 2.05) is 7.05 Å². The van der Waals surface area contributed by atoms with Crippen LogP contribution in [0.25, 0.3) is 0 Å². The molecule has 0 aliphatic rings. The highest BCUT2D eigenvalue weighted by molar-refractivity contribution is 6.43. The van der Waals surface area contributed by atoms with E-state index in [4.69, 9.17) is 39.5 Å². The molecule has 0 aliphatic heterocycles. The van der Waals surface area contributed by atoms with Crippen LogP contribution in [0.15, 0.2) is 12.1 Å². The molecule has 0 heterocycles. The average Bonchev–Trinajstić information content (AvgIpc) is 2.24. The lowest BCUT2D eigenvalue weighted by Crippen LogP contribution is -2.33. The summed E-state index contributed by atoms with van der Waals surface area (Å²) in [5, 5.41) is 4.43. The van der Waals surface area contributed by atoms with Crippen LogP contribution in [0.2, 0.25) is 15.1 Å². The molecule has 0 saturated carbocycles. The van der Waals surface area contributed by atoms with Crippen LogP contribution in [-0.2, 0) is 0 Å². The molecule has 0 fully saturated rings. The van der Waals surface area contributed by atoms with Crippen molar-refractivity contribution >= 4 is 34.8 Å². The van der Waals surface area contributed by atoms with Crippen molar-refractivity contribution < 1.29 is 4.74 Å². The van der Waals surface area contributed by atoms with Crippen molar-refractivity contribution in [3.05, 3.63) is 27.2 Å². The SMILES string of the molecule is CNCC(Oc1cc(Cl)c(Cl)cc1Cl)C(C)C. The molecule has 1 unspecified atom stereocenters. The Morgan fingerprint density at radius 1 is 1.12 bits per heavy atom. The van der Waals surface area contributed by atoms with Gasteiger partial charge in [-0.1, -0.05) is 48.7 Å². The van der Waals surface area contributed by atoms with Gasteiger partial charge in [0.2, 0.25) is 0 Å². The summed E-state index contributed by atoms with van der Waals surface area (Å²) in [6.45, 7) is 4.93. The summed E-state index contributed by atoms with van der Waals surface area (Å²) in [5.41, 5.74) is 0. The number of nitrogens with one attached hydrogen (secondary N) is 1. The number of benzene rings is 1. The first kappa shape index (κ1) is 14.9. The van der Waals surface area contributed by atoms with Crippen LogP contribution in [0.5, 0.6) is 5.75 Å². The summed E-state index contributed by atoms with van der Waals surface area (Å²) in [4.78, 5) is 0. The summed E-state index contributed by atoms with van der Waals surface area (Å²) >= 11 is 17.9. The standard InChI is InChI=1S/C12H16Cl3NO/c1-7(2)12(6-16-3)17-11-5-9(14)8(13)4-10(11)15/h4-5,7,12,16H,6H2,1-3H3. The fourth-order valence-corrected chi connectivity index (χ4v) is 1.95. The summed E-state index contributed by atoms with van der Waals surface area (Å²) in [5.74, 6) is 0.933. The van der Waals surface area contributed by atoms with E-state index in [2.05, 4.69) is 19.2 Å². The molecule has 5 heteroatoms. The molecule has 1 atom stereocenters. The number of likely N-dealkylation sites (N-methyl/N-ethyl adjacent to an activating group) is 1. The van der Waals surface area contributed by atoms with E-state index >= 15 is 0 Å². The highest BCUT2D eigenvalue weighted by Gasteiger charge is 2.16. The van der Waals surface area contributed by atoms with Gasteiger partial charge in [0.25, 0.3) is 0 Å². The van der Waals surface area contributed by atoms with Gasteiger partial charge in [-0.3, -0.25) is 0 Å². The van der Waals surface area contributed by atoms with E-state index in [-0.39, 0.29) is 6.10 Å². The molecule has 0 aliphatic carbocycles. The lowest BCUT2D eigenvalue weighted by Gasteiger charge is -2.23. The highest BCUT2D eigenvalue weighted by Crippen LogP contribution is 2.34. The van der Waals surface area contributed by atoms with Crippen molar-refractivity contribution in [1.82, 2.24) is 5.32 Å². The van der Waals surface area contributed by atoms with Crippen molar-refractivity contribution in [2.75, 3.05) is 13.6 Å². The quantitative estimate of drug-likeness (QED) is 0.819. The first-order valence-electron chi connectivity index (χ1n) is 5.41. The fourth-order valence-electron chi connectivity index (χ4n) is 1.37. The zero-order valence-corrected chi connectivity index (χ0v) is 12.3. The minimum atomic E-state index is 0.0368. The van der Waals surface area contributed by atoms with E-state index in [0.29, 0.717) is 26.7 Å². The van der Waals surface area contributed by atoms with Crippen molar-refractivity contribution in [1.29, 1.82) is 0 Å². The molecule has 0 spiro atoms. The highest BCUT2D eigenvalue weighted by atomic mass is 35.5. The van der Waals surface area contributed by atoms with Crippen LogP contribution in [0, 0.1) is 5.92 Å². The van der Waals surface area contributed by atoms with Gasteiger partial charge in [0.15, 0.2) is 0 Å². The molecular weight excluding hydrogens is 280 g/mol. The lowest BCUT2D eigenvalue weighted by molar-refractivity contribution is 0.151. The van der Waals surface area contributed by atoms with Crippen LogP contribution in [0.1, 0.15) is 13.8 Å². The molecular formula is C12H16Cl3NO. The Hall–Kier alpha value is -0.150. The summed E-state index contributed by atoms with van der Waals surface area (Å²) in [6, 6.07) is 3.24. The Labute approximate surface area is 117 Å². The summed E-state index contributed by atoms with van der Waals surface area (Å²) < 4.78 is 5.85. The second kappa shape index (κ2) is 6.69. The molecule has 2 nitrogen and oxygen atoms in total. The molecule has 0 radical (unpaired) electrons. The van der Waals surface area contributed by atoms with E-state index in [1.165, 1.54) is 0 Å². The maximum absolute atomic E-state index is 6.06. The van der Waals surface area contributed by atoms with Crippen molar-refractivity contribution in [2.45, 2.75) is 20.0 Å². The van der Waals surface area contributed by atoms with Crippen molar-refractivity contribution in [3.63, 3.8) is 0 Å². The third-order valence-corrected chi connectivity index (χ3v) is 3.42. The first-order valence-corrected chi connectivity index (χ1v) is 6.55. The molecule has 1 aromatic rings. The molecule has 1 aromatic carbocycles. The number of ether oxygens (including phenoxy) is 1. The second-order valence-corrected chi connectivity index (χ2v) is 5.38. The summed E-state index contributed by atoms with van der Waals surface area (Å²) in [6.07, 6.45) is 0.0368. The van der Waals surface area contributed by atoms with Crippen molar-refractivity contribution in [2.24, 2.45) is 5.92 Å². The minimum Gasteiger partial charge on any atom is -0.487 e. The molecule has 17 heavy (non-hydrogen) atoms. The van der Waals surface area contributed by atoms with Gasteiger partial charge in [-0.25, -0.2) is 0 Å². The molecule has 0 saturated heterocycles. The average molecular weight is 297 g/mol. The van der Waals surface area contributed by atoms with Gasteiger partial charge in [0, 0.05) is 12.6 Å². The molecule has 1 N–H and O–H groups in total. The lowest BCUT2D eigenvalue weighted by atomic mass is 10.1. The van der Waals surface area contributed by atoms with Gasteiger partial charge in [-0.15, -0.1) is 0 Å². The molecule has 0 amide bonds. The predicted octanol–water partition coefficient (Wildman–Crippen LogP) is 4.27. The van der Waals surface area contributed by atoms with Crippen LogP contribution < -0.4 is 10.1 Å². The molecule has 96 valence electrons. The molecule has 0 bridgehead atoms. The Morgan fingerprint density at radius 2 is 1.71 bits per heavy atom. The monoisotopic (exact) mass is 295 g/mol. The Balaban J connectivity index is 2.89. The predicted molar refractivity (Wildman–Crippen MR) is 74.7 cm³/mol. The number of hydrogen-bond acceptors (Lipinski definition) is 2.